The minimum atomic E-state index is -0.875. The van der Waals surface area contributed by atoms with Crippen LogP contribution in [0, 0.1) is 5.92 Å². The third-order valence-corrected chi connectivity index (χ3v) is 4.83. The van der Waals surface area contributed by atoms with Crippen LogP contribution >= 0.6 is 27.5 Å². The lowest BCUT2D eigenvalue weighted by molar-refractivity contribution is -0.146. The van der Waals surface area contributed by atoms with Crippen molar-refractivity contribution >= 4 is 39.4 Å². The Morgan fingerprint density at radius 3 is 2.86 bits per heavy atom. The molecule has 1 fully saturated rings. The predicted octanol–water partition coefficient (Wildman–Crippen LogP) is 3.88. The largest absolute Gasteiger partial charge is 0.481 e. The number of amides is 1. The summed E-state index contributed by atoms with van der Waals surface area (Å²) in [5.41, 5.74) is 0.756. The highest BCUT2D eigenvalue weighted by molar-refractivity contribution is 9.10. The Morgan fingerprint density at radius 2 is 2.24 bits per heavy atom. The fourth-order valence-corrected chi connectivity index (χ4v) is 3.57. The lowest BCUT2D eigenvalue weighted by atomic mass is 9.89. The van der Waals surface area contributed by atoms with Gasteiger partial charge in [0.15, 0.2) is 0 Å². The maximum absolute atomic E-state index is 12.3. The number of carboxylic acids is 1. The van der Waals surface area contributed by atoms with Crippen LogP contribution in [-0.4, -0.2) is 28.4 Å². The van der Waals surface area contributed by atoms with Gasteiger partial charge in [-0.3, -0.25) is 9.59 Å². The number of hydrogen-bond donors (Lipinski definition) is 1. The summed E-state index contributed by atoms with van der Waals surface area (Å²) in [7, 11) is 0. The second-order valence-corrected chi connectivity index (χ2v) is 6.42. The number of halogens is 2. The summed E-state index contributed by atoms with van der Waals surface area (Å²) in [5.74, 6) is -1.50. The van der Waals surface area contributed by atoms with Crippen LogP contribution in [0.2, 0.25) is 5.02 Å². The molecule has 21 heavy (non-hydrogen) atoms. The standard InChI is InChI=1S/C15H17BrClNO3/c1-2-18-13(19)5-3-4-10(15(20)21)14(18)11-8-9(17)6-7-12(11)16/h6-8,10,14H,2-5H2,1H3,(H,20,21). The quantitative estimate of drug-likeness (QED) is 0.873. The Morgan fingerprint density at radius 1 is 1.52 bits per heavy atom. The average Bonchev–Trinajstić information content (AvgIpc) is 2.60. The highest BCUT2D eigenvalue weighted by Crippen LogP contribution is 2.39. The number of nitrogens with zero attached hydrogens (tertiary/aromatic N) is 1. The summed E-state index contributed by atoms with van der Waals surface area (Å²) in [6, 6.07) is 4.78. The first kappa shape index (κ1) is 16.3. The van der Waals surface area contributed by atoms with Crippen LogP contribution in [0.15, 0.2) is 22.7 Å². The molecule has 1 saturated heterocycles. The smallest absolute Gasteiger partial charge is 0.308 e. The highest BCUT2D eigenvalue weighted by atomic mass is 79.9. The molecule has 1 aliphatic heterocycles. The van der Waals surface area contributed by atoms with E-state index < -0.39 is 17.9 Å². The molecule has 0 spiro atoms. The van der Waals surface area contributed by atoms with Gasteiger partial charge in [-0.2, -0.15) is 0 Å². The molecule has 1 N–H and O–H groups in total. The maximum Gasteiger partial charge on any atom is 0.308 e. The summed E-state index contributed by atoms with van der Waals surface area (Å²) in [5, 5.41) is 10.1. The van der Waals surface area contributed by atoms with Crippen LogP contribution in [0.1, 0.15) is 37.8 Å². The molecular formula is C15H17BrClNO3. The van der Waals surface area contributed by atoms with Gasteiger partial charge in [-0.25, -0.2) is 0 Å². The van der Waals surface area contributed by atoms with Gasteiger partial charge < -0.3 is 10.0 Å². The van der Waals surface area contributed by atoms with E-state index in [1.54, 1.807) is 23.1 Å². The fraction of sp³-hybridized carbons (Fsp3) is 0.467. The van der Waals surface area contributed by atoms with Gasteiger partial charge in [0, 0.05) is 22.5 Å². The fourth-order valence-electron chi connectivity index (χ4n) is 2.90. The summed E-state index contributed by atoms with van der Waals surface area (Å²) < 4.78 is 0.774. The molecule has 0 saturated carbocycles. The van der Waals surface area contributed by atoms with Crippen molar-refractivity contribution in [2.24, 2.45) is 5.92 Å². The number of rotatable bonds is 3. The van der Waals surface area contributed by atoms with Crippen molar-refractivity contribution in [3.63, 3.8) is 0 Å². The zero-order chi connectivity index (χ0) is 15.6. The number of aliphatic carboxylic acids is 1. The van der Waals surface area contributed by atoms with E-state index in [1.807, 2.05) is 6.92 Å². The van der Waals surface area contributed by atoms with Crippen molar-refractivity contribution in [3.05, 3.63) is 33.3 Å². The second-order valence-electron chi connectivity index (χ2n) is 5.13. The molecule has 1 amide bonds. The zero-order valence-electron chi connectivity index (χ0n) is 11.7. The number of hydrogen-bond acceptors (Lipinski definition) is 2. The monoisotopic (exact) mass is 373 g/mol. The molecule has 1 aromatic carbocycles. The zero-order valence-corrected chi connectivity index (χ0v) is 14.0. The van der Waals surface area contributed by atoms with E-state index >= 15 is 0 Å². The van der Waals surface area contributed by atoms with Gasteiger partial charge >= 0.3 is 5.97 Å². The average molecular weight is 375 g/mol. The van der Waals surface area contributed by atoms with Gasteiger partial charge in [0.1, 0.15) is 0 Å². The maximum atomic E-state index is 12.3. The Hall–Kier alpha value is -1.07. The third-order valence-electron chi connectivity index (χ3n) is 3.88. The molecule has 4 nitrogen and oxygen atoms in total. The molecule has 0 bridgehead atoms. The number of likely N-dealkylation sites (tertiary alicyclic amines) is 1. The molecule has 114 valence electrons. The van der Waals surface area contributed by atoms with Crippen LogP contribution < -0.4 is 0 Å². The molecule has 1 aromatic rings. The van der Waals surface area contributed by atoms with Crippen LogP contribution in [0.5, 0.6) is 0 Å². The summed E-state index contributed by atoms with van der Waals surface area (Å²) >= 11 is 9.51. The molecule has 2 atom stereocenters. The van der Waals surface area contributed by atoms with Gasteiger partial charge in [-0.15, -0.1) is 0 Å². The minimum absolute atomic E-state index is 0.00174. The van der Waals surface area contributed by atoms with E-state index in [4.69, 9.17) is 11.6 Å². The van der Waals surface area contributed by atoms with Crippen molar-refractivity contribution in [1.29, 1.82) is 0 Å². The number of benzene rings is 1. The number of carboxylic acid groups (broad SMARTS) is 1. The molecule has 2 rings (SSSR count). The van der Waals surface area contributed by atoms with E-state index in [0.29, 0.717) is 30.8 Å². The Bertz CT molecular complexity index is 562. The number of carbonyl (C=O) groups excluding carboxylic acids is 1. The van der Waals surface area contributed by atoms with Gasteiger partial charge in [0.25, 0.3) is 0 Å². The van der Waals surface area contributed by atoms with E-state index in [9.17, 15) is 14.7 Å². The molecule has 0 aromatic heterocycles. The Balaban J connectivity index is 2.56. The van der Waals surface area contributed by atoms with Crippen LogP contribution in [0.4, 0.5) is 0 Å². The van der Waals surface area contributed by atoms with E-state index in [0.717, 1.165) is 10.0 Å². The lowest BCUT2D eigenvalue weighted by Gasteiger charge is -2.33. The molecule has 2 unspecified atom stereocenters. The van der Waals surface area contributed by atoms with Gasteiger partial charge in [0.2, 0.25) is 5.91 Å². The molecule has 1 aliphatic rings. The Labute approximate surface area is 137 Å². The van der Waals surface area contributed by atoms with Crippen LogP contribution in [-0.2, 0) is 9.59 Å². The summed E-state index contributed by atoms with van der Waals surface area (Å²) in [4.78, 5) is 25.6. The van der Waals surface area contributed by atoms with E-state index in [1.165, 1.54) is 0 Å². The molecular weight excluding hydrogens is 358 g/mol. The van der Waals surface area contributed by atoms with Crippen molar-refractivity contribution in [3.8, 4) is 0 Å². The van der Waals surface area contributed by atoms with Crippen molar-refractivity contribution in [2.45, 2.75) is 32.2 Å². The van der Waals surface area contributed by atoms with Crippen molar-refractivity contribution in [1.82, 2.24) is 4.90 Å². The van der Waals surface area contributed by atoms with Crippen molar-refractivity contribution < 1.29 is 14.7 Å². The highest BCUT2D eigenvalue weighted by Gasteiger charge is 2.38. The lowest BCUT2D eigenvalue weighted by Crippen LogP contribution is -2.39. The SMILES string of the molecule is CCN1C(=O)CCCC(C(=O)O)C1c1cc(Cl)ccc1Br. The van der Waals surface area contributed by atoms with Gasteiger partial charge in [-0.05, 0) is 43.5 Å². The molecule has 0 radical (unpaired) electrons. The topological polar surface area (TPSA) is 57.6 Å². The minimum Gasteiger partial charge on any atom is -0.481 e. The first-order valence-corrected chi connectivity index (χ1v) is 8.10. The normalized spacial score (nSPS) is 23.0. The summed E-state index contributed by atoms with van der Waals surface area (Å²) in [6.07, 6.45) is 1.48. The third kappa shape index (κ3) is 3.40. The molecule has 1 heterocycles. The number of carbonyl (C=O) groups is 2. The second kappa shape index (κ2) is 6.79. The van der Waals surface area contributed by atoms with Crippen molar-refractivity contribution in [2.75, 3.05) is 6.54 Å². The first-order valence-electron chi connectivity index (χ1n) is 6.93. The summed E-state index contributed by atoms with van der Waals surface area (Å²) in [6.45, 7) is 2.35. The van der Waals surface area contributed by atoms with Gasteiger partial charge in [0.05, 0.1) is 12.0 Å². The van der Waals surface area contributed by atoms with Gasteiger partial charge in [-0.1, -0.05) is 27.5 Å². The Kier molecular flexibility index (Phi) is 5.27. The van der Waals surface area contributed by atoms with Crippen LogP contribution in [0.25, 0.3) is 0 Å². The van der Waals surface area contributed by atoms with Crippen LogP contribution in [0.3, 0.4) is 0 Å². The molecule has 0 aliphatic carbocycles. The van der Waals surface area contributed by atoms with E-state index in [-0.39, 0.29) is 5.91 Å². The first-order chi connectivity index (χ1) is 9.95. The van der Waals surface area contributed by atoms with E-state index in [2.05, 4.69) is 15.9 Å². The molecule has 6 heteroatoms. The predicted molar refractivity (Wildman–Crippen MR) is 84.3 cm³/mol.